The summed E-state index contributed by atoms with van der Waals surface area (Å²) in [7, 11) is 0. The molecule has 1 aliphatic carbocycles. The van der Waals surface area contributed by atoms with Crippen LogP contribution in [0.5, 0.6) is 0 Å². The molecule has 144 valence electrons. The zero-order chi connectivity index (χ0) is 19.7. The molecule has 0 amide bonds. The summed E-state index contributed by atoms with van der Waals surface area (Å²) in [6, 6.07) is 12.9. The van der Waals surface area contributed by atoms with Crippen LogP contribution in [0.1, 0.15) is 71.6 Å². The smallest absolute Gasteiger partial charge is 0.229 e. The maximum absolute atomic E-state index is 13.0. The first kappa shape index (κ1) is 18.5. The molecule has 0 fully saturated rings. The van der Waals surface area contributed by atoms with Gasteiger partial charge >= 0.3 is 0 Å². The Morgan fingerprint density at radius 1 is 0.857 bits per heavy atom. The summed E-state index contributed by atoms with van der Waals surface area (Å²) in [6.07, 6.45) is 4.54. The van der Waals surface area contributed by atoms with Crippen LogP contribution in [-0.2, 0) is 0 Å². The average molecular weight is 375 g/mol. The van der Waals surface area contributed by atoms with Crippen LogP contribution in [0, 0.1) is 0 Å². The van der Waals surface area contributed by atoms with Gasteiger partial charge in [0, 0.05) is 41.4 Å². The predicted molar refractivity (Wildman–Crippen MR) is 112 cm³/mol. The highest BCUT2D eigenvalue weighted by atomic mass is 16.3. The van der Waals surface area contributed by atoms with E-state index in [1.54, 1.807) is 24.3 Å². The van der Waals surface area contributed by atoms with Gasteiger partial charge in [-0.3, -0.25) is 9.59 Å². The minimum absolute atomic E-state index is 0.134. The zero-order valence-electron chi connectivity index (χ0n) is 16.5. The van der Waals surface area contributed by atoms with Crippen molar-refractivity contribution in [1.29, 1.82) is 0 Å². The number of hydrogen-bond donors (Lipinski definition) is 0. The number of benzene rings is 2. The highest BCUT2D eigenvalue weighted by Gasteiger charge is 2.34. The summed E-state index contributed by atoms with van der Waals surface area (Å²) in [5, 5.41) is 0.720. The normalized spacial score (nSPS) is 12.9. The van der Waals surface area contributed by atoms with Crippen molar-refractivity contribution in [2.75, 3.05) is 18.0 Å². The third-order valence-electron chi connectivity index (χ3n) is 5.45. The van der Waals surface area contributed by atoms with Crippen molar-refractivity contribution in [2.24, 2.45) is 0 Å². The molecular formula is C24H25NO3. The van der Waals surface area contributed by atoms with Crippen molar-refractivity contribution in [3.05, 3.63) is 64.9 Å². The second-order valence-corrected chi connectivity index (χ2v) is 7.38. The molecular weight excluding hydrogens is 350 g/mol. The van der Waals surface area contributed by atoms with Crippen molar-refractivity contribution in [3.8, 4) is 0 Å². The van der Waals surface area contributed by atoms with Crippen LogP contribution in [0.2, 0.25) is 0 Å². The number of nitrogens with zero attached hydrogens (tertiary/aromatic N) is 1. The summed E-state index contributed by atoms with van der Waals surface area (Å²) >= 11 is 0. The van der Waals surface area contributed by atoms with E-state index in [4.69, 9.17) is 4.42 Å². The molecule has 0 N–H and O–H groups in total. The van der Waals surface area contributed by atoms with Gasteiger partial charge in [0.15, 0.2) is 11.5 Å². The molecule has 4 heteroatoms. The minimum atomic E-state index is -0.211. The molecule has 0 saturated heterocycles. The summed E-state index contributed by atoms with van der Waals surface area (Å²) in [4.78, 5) is 28.2. The van der Waals surface area contributed by atoms with Crippen LogP contribution in [0.25, 0.3) is 11.0 Å². The number of ketones is 2. The number of fused-ring (bicyclic) bond motifs is 4. The number of hydrogen-bond acceptors (Lipinski definition) is 4. The molecule has 1 aromatic heterocycles. The Hall–Kier alpha value is -2.88. The van der Waals surface area contributed by atoms with Gasteiger partial charge < -0.3 is 9.32 Å². The Labute approximate surface area is 165 Å². The van der Waals surface area contributed by atoms with E-state index in [0.29, 0.717) is 22.3 Å². The lowest BCUT2D eigenvalue weighted by molar-refractivity contribution is 0.0962. The van der Waals surface area contributed by atoms with E-state index in [-0.39, 0.29) is 17.3 Å². The fourth-order valence-corrected chi connectivity index (χ4v) is 3.87. The molecule has 4 rings (SSSR count). The Balaban J connectivity index is 1.77. The van der Waals surface area contributed by atoms with Crippen LogP contribution in [-0.4, -0.2) is 24.7 Å². The molecule has 1 aliphatic rings. The standard InChI is InChI=1S/C24H25NO3/c1-3-5-13-25(14-6-4-2)16-11-12-19-20(15-16)28-24-21(19)22(26)17-9-7-8-10-18(17)23(24)27/h7-12,15H,3-6,13-14H2,1-2H3. The Bertz CT molecular complexity index is 1040. The van der Waals surface area contributed by atoms with Gasteiger partial charge in [0.25, 0.3) is 0 Å². The largest absolute Gasteiger partial charge is 0.452 e. The Morgan fingerprint density at radius 2 is 1.50 bits per heavy atom. The lowest BCUT2D eigenvalue weighted by Crippen LogP contribution is -2.25. The summed E-state index contributed by atoms with van der Waals surface area (Å²) in [5.41, 5.74) is 2.97. The zero-order valence-corrected chi connectivity index (χ0v) is 16.5. The molecule has 3 aromatic rings. The van der Waals surface area contributed by atoms with Crippen LogP contribution in [0.4, 0.5) is 5.69 Å². The van der Waals surface area contributed by atoms with Crippen LogP contribution in [0.15, 0.2) is 46.9 Å². The van der Waals surface area contributed by atoms with Crippen molar-refractivity contribution in [3.63, 3.8) is 0 Å². The van der Waals surface area contributed by atoms with E-state index < -0.39 is 0 Å². The quantitative estimate of drug-likeness (QED) is 0.421. The first-order valence-electron chi connectivity index (χ1n) is 10.2. The number of rotatable bonds is 7. The van der Waals surface area contributed by atoms with Crippen LogP contribution in [0.3, 0.4) is 0 Å². The molecule has 0 spiro atoms. The number of unbranched alkanes of at least 4 members (excludes halogenated alkanes) is 2. The second kappa shape index (κ2) is 7.63. The molecule has 0 unspecified atom stereocenters. The first-order chi connectivity index (χ1) is 13.7. The molecule has 0 aliphatic heterocycles. The van der Waals surface area contributed by atoms with E-state index in [1.807, 2.05) is 18.2 Å². The van der Waals surface area contributed by atoms with E-state index in [9.17, 15) is 9.59 Å². The summed E-state index contributed by atoms with van der Waals surface area (Å²) < 4.78 is 5.93. The third-order valence-corrected chi connectivity index (χ3v) is 5.45. The van der Waals surface area contributed by atoms with E-state index in [1.165, 1.54) is 0 Å². The number of carbonyl (C=O) groups is 2. The van der Waals surface area contributed by atoms with Crippen molar-refractivity contribution in [1.82, 2.24) is 0 Å². The van der Waals surface area contributed by atoms with Gasteiger partial charge in [-0.15, -0.1) is 0 Å². The number of furan rings is 1. The summed E-state index contributed by atoms with van der Waals surface area (Å²) in [5.74, 6) is -0.174. The average Bonchev–Trinajstić information content (AvgIpc) is 3.11. The Kier molecular flexibility index (Phi) is 5.03. The maximum Gasteiger partial charge on any atom is 0.229 e. The lowest BCUT2D eigenvalue weighted by Gasteiger charge is -2.24. The topological polar surface area (TPSA) is 50.5 Å². The second-order valence-electron chi connectivity index (χ2n) is 7.38. The van der Waals surface area contributed by atoms with E-state index in [2.05, 4.69) is 18.7 Å². The Morgan fingerprint density at radius 3 is 2.14 bits per heavy atom. The molecule has 2 aromatic carbocycles. The first-order valence-corrected chi connectivity index (χ1v) is 10.2. The van der Waals surface area contributed by atoms with Gasteiger partial charge in [0.2, 0.25) is 5.78 Å². The highest BCUT2D eigenvalue weighted by molar-refractivity contribution is 6.31. The monoisotopic (exact) mass is 375 g/mol. The molecule has 0 bridgehead atoms. The SMILES string of the molecule is CCCCN(CCCC)c1ccc2c3c(oc2c1)C(=O)c1ccccc1C3=O. The highest BCUT2D eigenvalue weighted by Crippen LogP contribution is 2.36. The summed E-state index contributed by atoms with van der Waals surface area (Å²) in [6.45, 7) is 6.37. The van der Waals surface area contributed by atoms with E-state index >= 15 is 0 Å². The van der Waals surface area contributed by atoms with Gasteiger partial charge in [0.05, 0.1) is 5.56 Å². The fourth-order valence-electron chi connectivity index (χ4n) is 3.87. The molecule has 0 atom stereocenters. The van der Waals surface area contributed by atoms with Crippen LogP contribution < -0.4 is 4.90 Å². The third kappa shape index (κ3) is 3.03. The van der Waals surface area contributed by atoms with Gasteiger partial charge in [-0.05, 0) is 25.0 Å². The van der Waals surface area contributed by atoms with Crippen molar-refractivity contribution < 1.29 is 14.0 Å². The van der Waals surface area contributed by atoms with Gasteiger partial charge in [0.1, 0.15) is 5.58 Å². The lowest BCUT2D eigenvalue weighted by atomic mass is 9.87. The molecule has 1 heterocycles. The number of carbonyl (C=O) groups excluding carboxylic acids is 2. The van der Waals surface area contributed by atoms with Crippen molar-refractivity contribution in [2.45, 2.75) is 39.5 Å². The van der Waals surface area contributed by atoms with Crippen molar-refractivity contribution >= 4 is 28.2 Å². The van der Waals surface area contributed by atoms with Gasteiger partial charge in [-0.25, -0.2) is 0 Å². The number of anilines is 1. The predicted octanol–water partition coefficient (Wildman–Crippen LogP) is 5.61. The molecule has 0 radical (unpaired) electrons. The minimum Gasteiger partial charge on any atom is -0.452 e. The van der Waals surface area contributed by atoms with Crippen LogP contribution >= 0.6 is 0 Å². The molecule has 28 heavy (non-hydrogen) atoms. The fraction of sp³-hybridized carbons (Fsp3) is 0.333. The van der Waals surface area contributed by atoms with Gasteiger partial charge in [-0.1, -0.05) is 51.0 Å². The van der Waals surface area contributed by atoms with Gasteiger partial charge in [-0.2, -0.15) is 0 Å². The molecule has 4 nitrogen and oxygen atoms in total. The molecule has 0 saturated carbocycles. The van der Waals surface area contributed by atoms with E-state index in [0.717, 1.165) is 49.8 Å². The maximum atomic E-state index is 13.0.